The van der Waals surface area contributed by atoms with Crippen LogP contribution in [0.2, 0.25) is 0 Å². The van der Waals surface area contributed by atoms with Gasteiger partial charge >= 0.3 is 0 Å². The summed E-state index contributed by atoms with van der Waals surface area (Å²) in [5.74, 6) is 2.25. The summed E-state index contributed by atoms with van der Waals surface area (Å²) in [5.41, 5.74) is 0. The Kier molecular flexibility index (Phi) is 5.47. The summed E-state index contributed by atoms with van der Waals surface area (Å²) >= 11 is 0. The van der Waals surface area contributed by atoms with E-state index in [4.69, 9.17) is 9.47 Å². The third-order valence-corrected chi connectivity index (χ3v) is 5.57. The fraction of sp³-hybridized carbons (Fsp3) is 0.600. The molecule has 1 unspecified atom stereocenters. The first-order valence-corrected chi connectivity index (χ1v) is 9.00. The van der Waals surface area contributed by atoms with Crippen LogP contribution in [0.25, 0.3) is 0 Å². The largest absolute Gasteiger partial charge is 0.497 e. The van der Waals surface area contributed by atoms with Crippen LogP contribution in [0.4, 0.5) is 0 Å². The van der Waals surface area contributed by atoms with Gasteiger partial charge in [0.2, 0.25) is 0 Å². The Labute approximate surface area is 126 Å². The summed E-state index contributed by atoms with van der Waals surface area (Å²) in [4.78, 5) is 2.13. The zero-order chi connectivity index (χ0) is 15.3. The maximum Gasteiger partial charge on any atom is 0.151 e. The minimum Gasteiger partial charge on any atom is -0.497 e. The molecule has 1 saturated heterocycles. The molecule has 0 aromatic heterocycles. The quantitative estimate of drug-likeness (QED) is 0.716. The number of sulfone groups is 1. The number of nitrogens with zero attached hydrogens (tertiary/aromatic N) is 1. The second-order valence-electron chi connectivity index (χ2n) is 5.42. The van der Waals surface area contributed by atoms with Crippen molar-refractivity contribution in [2.24, 2.45) is 0 Å². The minimum absolute atomic E-state index is 0.163. The summed E-state index contributed by atoms with van der Waals surface area (Å²) in [6.07, 6.45) is 1.62. The van der Waals surface area contributed by atoms with Gasteiger partial charge < -0.3 is 14.4 Å². The van der Waals surface area contributed by atoms with Gasteiger partial charge in [-0.05, 0) is 44.2 Å². The maximum absolute atomic E-state index is 11.5. The van der Waals surface area contributed by atoms with Crippen LogP contribution in [0.5, 0.6) is 11.5 Å². The van der Waals surface area contributed by atoms with E-state index in [1.54, 1.807) is 7.11 Å². The number of benzene rings is 1. The number of ether oxygens (including phenoxy) is 2. The number of rotatable bonds is 7. The van der Waals surface area contributed by atoms with Gasteiger partial charge in [0, 0.05) is 12.6 Å². The van der Waals surface area contributed by atoms with Crippen molar-refractivity contribution in [2.45, 2.75) is 18.9 Å². The zero-order valence-electron chi connectivity index (χ0n) is 12.6. The Morgan fingerprint density at radius 2 is 1.90 bits per heavy atom. The first-order valence-electron chi connectivity index (χ1n) is 7.18. The summed E-state index contributed by atoms with van der Waals surface area (Å²) in [5, 5.41) is 0. The topological polar surface area (TPSA) is 55.8 Å². The van der Waals surface area contributed by atoms with Crippen molar-refractivity contribution in [3.63, 3.8) is 0 Å². The molecular weight excluding hydrogens is 290 g/mol. The van der Waals surface area contributed by atoms with Crippen LogP contribution in [0.15, 0.2) is 24.3 Å². The Morgan fingerprint density at radius 1 is 1.24 bits per heavy atom. The molecule has 1 fully saturated rings. The molecule has 0 amide bonds. The first kappa shape index (κ1) is 16.1. The van der Waals surface area contributed by atoms with E-state index in [0.29, 0.717) is 18.1 Å². The molecule has 0 aliphatic carbocycles. The van der Waals surface area contributed by atoms with Gasteiger partial charge in [-0.1, -0.05) is 0 Å². The van der Waals surface area contributed by atoms with Gasteiger partial charge in [-0.15, -0.1) is 0 Å². The second kappa shape index (κ2) is 7.13. The summed E-state index contributed by atoms with van der Waals surface area (Å²) in [6.45, 7) is 1.46. The second-order valence-corrected chi connectivity index (χ2v) is 7.64. The van der Waals surface area contributed by atoms with E-state index < -0.39 is 9.84 Å². The van der Waals surface area contributed by atoms with Gasteiger partial charge in [0.25, 0.3) is 0 Å². The van der Waals surface area contributed by atoms with Crippen LogP contribution < -0.4 is 9.47 Å². The van der Waals surface area contributed by atoms with Gasteiger partial charge in [0.05, 0.1) is 25.2 Å². The number of methoxy groups -OCH3 is 1. The molecule has 1 atom stereocenters. The average molecular weight is 313 g/mol. The van der Waals surface area contributed by atoms with Crippen molar-refractivity contribution in [3.05, 3.63) is 24.3 Å². The molecule has 0 radical (unpaired) electrons. The standard InChI is InChI=1S/C15H23NO4S/c1-16(13-8-11-21(17,18)12-13)9-3-10-20-15-6-4-14(19-2)5-7-15/h4-7,13H,3,8-12H2,1-2H3. The lowest BCUT2D eigenvalue weighted by Crippen LogP contribution is -2.34. The van der Waals surface area contributed by atoms with Crippen molar-refractivity contribution in [1.82, 2.24) is 4.90 Å². The normalized spacial score (nSPS) is 20.6. The van der Waals surface area contributed by atoms with Crippen molar-refractivity contribution in [1.29, 1.82) is 0 Å². The lowest BCUT2D eigenvalue weighted by Gasteiger charge is -2.22. The Hall–Kier alpha value is -1.27. The maximum atomic E-state index is 11.5. The highest BCUT2D eigenvalue weighted by Crippen LogP contribution is 2.18. The molecule has 6 heteroatoms. The third kappa shape index (κ3) is 4.89. The fourth-order valence-corrected chi connectivity index (χ4v) is 4.29. The molecule has 0 saturated carbocycles. The van der Waals surface area contributed by atoms with Crippen molar-refractivity contribution < 1.29 is 17.9 Å². The molecule has 0 spiro atoms. The van der Waals surface area contributed by atoms with E-state index in [-0.39, 0.29) is 6.04 Å². The molecule has 21 heavy (non-hydrogen) atoms. The van der Waals surface area contributed by atoms with Crippen LogP contribution >= 0.6 is 0 Å². The molecule has 1 aromatic rings. The molecule has 1 aliphatic rings. The third-order valence-electron chi connectivity index (χ3n) is 3.82. The molecule has 0 bridgehead atoms. The Morgan fingerprint density at radius 3 is 2.48 bits per heavy atom. The van der Waals surface area contributed by atoms with Gasteiger partial charge in [-0.3, -0.25) is 0 Å². The lowest BCUT2D eigenvalue weighted by atomic mass is 10.2. The fourth-order valence-electron chi connectivity index (χ4n) is 2.48. The van der Waals surface area contributed by atoms with Crippen LogP contribution in [0, 0.1) is 0 Å². The Bertz CT molecular complexity index is 541. The Balaban J connectivity index is 1.67. The van der Waals surface area contributed by atoms with Gasteiger partial charge in [-0.25, -0.2) is 8.42 Å². The van der Waals surface area contributed by atoms with Crippen LogP contribution in [0.1, 0.15) is 12.8 Å². The number of hydrogen-bond acceptors (Lipinski definition) is 5. The number of hydrogen-bond donors (Lipinski definition) is 0. The molecule has 5 nitrogen and oxygen atoms in total. The van der Waals surface area contributed by atoms with E-state index in [2.05, 4.69) is 4.90 Å². The van der Waals surface area contributed by atoms with E-state index >= 15 is 0 Å². The average Bonchev–Trinajstić information content (AvgIpc) is 2.84. The van der Waals surface area contributed by atoms with E-state index in [1.165, 1.54) is 0 Å². The van der Waals surface area contributed by atoms with Crippen molar-refractivity contribution >= 4 is 9.84 Å². The van der Waals surface area contributed by atoms with Crippen molar-refractivity contribution in [3.8, 4) is 11.5 Å². The molecule has 0 N–H and O–H groups in total. The van der Waals surface area contributed by atoms with Crippen LogP contribution in [0.3, 0.4) is 0 Å². The van der Waals surface area contributed by atoms with E-state index in [1.807, 2.05) is 31.3 Å². The van der Waals surface area contributed by atoms with Crippen LogP contribution in [-0.2, 0) is 9.84 Å². The molecule has 1 aromatic carbocycles. The van der Waals surface area contributed by atoms with Crippen molar-refractivity contribution in [2.75, 3.05) is 38.8 Å². The highest BCUT2D eigenvalue weighted by Gasteiger charge is 2.30. The van der Waals surface area contributed by atoms with Crippen LogP contribution in [-0.4, -0.2) is 58.2 Å². The monoisotopic (exact) mass is 313 g/mol. The molecule has 2 rings (SSSR count). The highest BCUT2D eigenvalue weighted by molar-refractivity contribution is 7.91. The molecule has 1 heterocycles. The van der Waals surface area contributed by atoms with E-state index in [0.717, 1.165) is 30.9 Å². The predicted octanol–water partition coefficient (Wildman–Crippen LogP) is 1.58. The van der Waals surface area contributed by atoms with Gasteiger partial charge in [0.1, 0.15) is 11.5 Å². The summed E-state index contributed by atoms with van der Waals surface area (Å²) in [7, 11) is 0.813. The first-order chi connectivity index (χ1) is 10.00. The molecular formula is C15H23NO4S. The highest BCUT2D eigenvalue weighted by atomic mass is 32.2. The SMILES string of the molecule is COc1ccc(OCCCN(C)C2CCS(=O)(=O)C2)cc1. The summed E-state index contributed by atoms with van der Waals surface area (Å²) in [6, 6.07) is 7.66. The smallest absolute Gasteiger partial charge is 0.151 e. The zero-order valence-corrected chi connectivity index (χ0v) is 13.4. The lowest BCUT2D eigenvalue weighted by molar-refractivity contribution is 0.227. The molecule has 1 aliphatic heterocycles. The predicted molar refractivity (Wildman–Crippen MR) is 82.8 cm³/mol. The van der Waals surface area contributed by atoms with Gasteiger partial charge in [0.15, 0.2) is 9.84 Å². The van der Waals surface area contributed by atoms with Gasteiger partial charge in [-0.2, -0.15) is 0 Å². The molecule has 118 valence electrons. The van der Waals surface area contributed by atoms with E-state index in [9.17, 15) is 8.42 Å². The summed E-state index contributed by atoms with van der Waals surface area (Å²) < 4.78 is 33.6. The minimum atomic E-state index is -2.81.